The molecule has 1 fully saturated rings. The van der Waals surface area contributed by atoms with E-state index in [0.29, 0.717) is 24.0 Å². The number of aromatic nitrogens is 2. The molecule has 1 aromatic heterocycles. The van der Waals surface area contributed by atoms with Crippen LogP contribution in [0.5, 0.6) is 5.88 Å². The van der Waals surface area contributed by atoms with Crippen LogP contribution in [-0.2, 0) is 0 Å². The minimum absolute atomic E-state index is 0.484. The van der Waals surface area contributed by atoms with E-state index in [1.807, 2.05) is 6.92 Å². The normalized spacial score (nSPS) is 15.4. The zero-order chi connectivity index (χ0) is 12.1. The van der Waals surface area contributed by atoms with Crippen LogP contribution in [0.25, 0.3) is 0 Å². The van der Waals surface area contributed by atoms with E-state index >= 15 is 0 Å². The molecule has 1 aliphatic rings. The highest BCUT2D eigenvalue weighted by Gasteiger charge is 2.18. The number of rotatable bonds is 6. The second kappa shape index (κ2) is 5.70. The maximum atomic E-state index is 5.96. The molecule has 0 atom stereocenters. The van der Waals surface area contributed by atoms with Gasteiger partial charge in [0.2, 0.25) is 5.88 Å². The van der Waals surface area contributed by atoms with Crippen molar-refractivity contribution >= 4 is 11.5 Å². The molecule has 0 radical (unpaired) electrons. The van der Waals surface area contributed by atoms with Gasteiger partial charge in [0.15, 0.2) is 5.82 Å². The van der Waals surface area contributed by atoms with Gasteiger partial charge in [0.25, 0.3) is 0 Å². The summed E-state index contributed by atoms with van der Waals surface area (Å²) in [5.41, 5.74) is 6.47. The van der Waals surface area contributed by atoms with E-state index in [1.54, 1.807) is 0 Å². The Bertz CT molecular complexity index is 366. The Kier molecular flexibility index (Phi) is 4.01. The summed E-state index contributed by atoms with van der Waals surface area (Å²) in [6.07, 6.45) is 6.38. The predicted octanol–water partition coefficient (Wildman–Crippen LogP) is 2.06. The van der Waals surface area contributed by atoms with E-state index in [-0.39, 0.29) is 0 Å². The smallest absolute Gasteiger partial charge is 0.242 e. The Morgan fingerprint density at radius 3 is 2.94 bits per heavy atom. The van der Waals surface area contributed by atoms with E-state index in [2.05, 4.69) is 15.3 Å². The van der Waals surface area contributed by atoms with Crippen molar-refractivity contribution in [2.75, 3.05) is 24.2 Å². The van der Waals surface area contributed by atoms with Crippen LogP contribution in [0.2, 0.25) is 0 Å². The SMILES string of the molecule is CCCOc1ncnc(NCC2CCC2)c1N. The van der Waals surface area contributed by atoms with E-state index in [4.69, 9.17) is 10.5 Å². The molecule has 0 unspecified atom stereocenters. The van der Waals surface area contributed by atoms with Gasteiger partial charge in [0.05, 0.1) is 6.61 Å². The summed E-state index contributed by atoms with van der Waals surface area (Å²) in [5, 5.41) is 3.28. The zero-order valence-corrected chi connectivity index (χ0v) is 10.3. The molecule has 5 heteroatoms. The van der Waals surface area contributed by atoms with Gasteiger partial charge in [-0.2, -0.15) is 4.98 Å². The summed E-state index contributed by atoms with van der Waals surface area (Å²) in [6, 6.07) is 0. The first-order valence-corrected chi connectivity index (χ1v) is 6.28. The van der Waals surface area contributed by atoms with Gasteiger partial charge in [-0.1, -0.05) is 13.3 Å². The fourth-order valence-electron chi connectivity index (χ4n) is 1.77. The third kappa shape index (κ3) is 2.99. The van der Waals surface area contributed by atoms with Crippen molar-refractivity contribution in [2.45, 2.75) is 32.6 Å². The maximum Gasteiger partial charge on any atom is 0.242 e. The summed E-state index contributed by atoms with van der Waals surface area (Å²) >= 11 is 0. The molecule has 0 saturated heterocycles. The number of nitrogen functional groups attached to an aromatic ring is 1. The number of anilines is 2. The summed E-state index contributed by atoms with van der Waals surface area (Å²) in [7, 11) is 0. The Morgan fingerprint density at radius 1 is 1.47 bits per heavy atom. The molecule has 2 rings (SSSR count). The van der Waals surface area contributed by atoms with Crippen molar-refractivity contribution in [3.05, 3.63) is 6.33 Å². The highest BCUT2D eigenvalue weighted by atomic mass is 16.5. The van der Waals surface area contributed by atoms with Gasteiger partial charge in [-0.3, -0.25) is 0 Å². The minimum atomic E-state index is 0.484. The van der Waals surface area contributed by atoms with E-state index < -0.39 is 0 Å². The number of nitrogens with zero attached hydrogens (tertiary/aromatic N) is 2. The molecule has 0 bridgehead atoms. The number of nitrogens with one attached hydrogen (secondary N) is 1. The Morgan fingerprint density at radius 2 is 2.29 bits per heavy atom. The van der Waals surface area contributed by atoms with Crippen molar-refractivity contribution in [3.8, 4) is 5.88 Å². The Labute approximate surface area is 102 Å². The number of hydrogen-bond donors (Lipinski definition) is 2. The minimum Gasteiger partial charge on any atom is -0.476 e. The lowest BCUT2D eigenvalue weighted by atomic mass is 9.85. The lowest BCUT2D eigenvalue weighted by Gasteiger charge is -2.25. The first-order valence-electron chi connectivity index (χ1n) is 6.28. The quantitative estimate of drug-likeness (QED) is 0.791. The Hall–Kier alpha value is -1.52. The standard InChI is InChI=1S/C12H20N4O/c1-2-6-17-12-10(13)11(15-8-16-12)14-7-9-4-3-5-9/h8-9H,2-7,13H2,1H3,(H,14,15,16). The summed E-state index contributed by atoms with van der Waals surface area (Å²) in [6.45, 7) is 3.62. The fraction of sp³-hybridized carbons (Fsp3) is 0.667. The number of ether oxygens (including phenoxy) is 1. The van der Waals surface area contributed by atoms with E-state index in [1.165, 1.54) is 25.6 Å². The lowest BCUT2D eigenvalue weighted by molar-refractivity contribution is 0.306. The molecule has 0 amide bonds. The molecule has 1 heterocycles. The lowest BCUT2D eigenvalue weighted by Crippen LogP contribution is -2.22. The van der Waals surface area contributed by atoms with Crippen LogP contribution >= 0.6 is 0 Å². The van der Waals surface area contributed by atoms with Gasteiger partial charge in [-0.15, -0.1) is 0 Å². The maximum absolute atomic E-state index is 5.96. The molecule has 1 aromatic rings. The third-order valence-corrected chi connectivity index (χ3v) is 3.07. The predicted molar refractivity (Wildman–Crippen MR) is 68.1 cm³/mol. The van der Waals surface area contributed by atoms with Crippen LogP contribution in [0.15, 0.2) is 6.33 Å². The first-order chi connectivity index (χ1) is 8.31. The van der Waals surface area contributed by atoms with Gasteiger partial charge in [-0.05, 0) is 25.2 Å². The molecule has 94 valence electrons. The molecule has 5 nitrogen and oxygen atoms in total. The molecular weight excluding hydrogens is 216 g/mol. The highest BCUT2D eigenvalue weighted by molar-refractivity contribution is 5.66. The molecule has 1 aliphatic carbocycles. The van der Waals surface area contributed by atoms with Crippen molar-refractivity contribution in [2.24, 2.45) is 5.92 Å². The van der Waals surface area contributed by atoms with Gasteiger partial charge in [-0.25, -0.2) is 4.98 Å². The van der Waals surface area contributed by atoms with Crippen LogP contribution < -0.4 is 15.8 Å². The molecule has 0 aliphatic heterocycles. The monoisotopic (exact) mass is 236 g/mol. The summed E-state index contributed by atoms with van der Waals surface area (Å²) in [4.78, 5) is 8.19. The average molecular weight is 236 g/mol. The van der Waals surface area contributed by atoms with Gasteiger partial charge in [0, 0.05) is 6.54 Å². The Balaban J connectivity index is 1.95. The molecule has 1 saturated carbocycles. The van der Waals surface area contributed by atoms with Crippen LogP contribution in [0.4, 0.5) is 11.5 Å². The zero-order valence-electron chi connectivity index (χ0n) is 10.3. The number of nitrogens with two attached hydrogens (primary N) is 1. The van der Waals surface area contributed by atoms with Crippen molar-refractivity contribution < 1.29 is 4.74 Å². The second-order valence-electron chi connectivity index (χ2n) is 4.47. The van der Waals surface area contributed by atoms with Crippen LogP contribution in [0.1, 0.15) is 32.6 Å². The van der Waals surface area contributed by atoms with E-state index in [9.17, 15) is 0 Å². The van der Waals surface area contributed by atoms with Crippen molar-refractivity contribution in [1.29, 1.82) is 0 Å². The number of hydrogen-bond acceptors (Lipinski definition) is 5. The molecule has 17 heavy (non-hydrogen) atoms. The van der Waals surface area contributed by atoms with Crippen LogP contribution in [0.3, 0.4) is 0 Å². The molecule has 3 N–H and O–H groups in total. The van der Waals surface area contributed by atoms with E-state index in [0.717, 1.165) is 18.9 Å². The van der Waals surface area contributed by atoms with Crippen LogP contribution in [0, 0.1) is 5.92 Å². The average Bonchev–Trinajstić information content (AvgIpc) is 2.27. The van der Waals surface area contributed by atoms with Crippen molar-refractivity contribution in [1.82, 2.24) is 9.97 Å². The third-order valence-electron chi connectivity index (χ3n) is 3.07. The highest BCUT2D eigenvalue weighted by Crippen LogP contribution is 2.29. The van der Waals surface area contributed by atoms with Crippen LogP contribution in [-0.4, -0.2) is 23.1 Å². The largest absolute Gasteiger partial charge is 0.476 e. The topological polar surface area (TPSA) is 73.1 Å². The second-order valence-corrected chi connectivity index (χ2v) is 4.47. The van der Waals surface area contributed by atoms with Gasteiger partial charge in [0.1, 0.15) is 12.0 Å². The molecule has 0 spiro atoms. The van der Waals surface area contributed by atoms with Gasteiger partial charge >= 0.3 is 0 Å². The fourth-order valence-corrected chi connectivity index (χ4v) is 1.77. The molecule has 0 aromatic carbocycles. The molecular formula is C12H20N4O. The summed E-state index contributed by atoms with van der Waals surface area (Å²) < 4.78 is 5.46. The summed E-state index contributed by atoms with van der Waals surface area (Å²) in [5.74, 6) is 1.94. The van der Waals surface area contributed by atoms with Crippen molar-refractivity contribution in [3.63, 3.8) is 0 Å². The van der Waals surface area contributed by atoms with Gasteiger partial charge < -0.3 is 15.8 Å². The first kappa shape index (κ1) is 12.0.